The van der Waals surface area contributed by atoms with Crippen LogP contribution in [0.1, 0.15) is 22.3 Å². The van der Waals surface area contributed by atoms with Crippen molar-refractivity contribution in [2.45, 2.75) is 5.41 Å². The Labute approximate surface area is 379 Å². The summed E-state index contributed by atoms with van der Waals surface area (Å²) in [4.78, 5) is 10.2. The third-order valence-electron chi connectivity index (χ3n) is 13.2. The first-order valence-corrected chi connectivity index (χ1v) is 22.3. The van der Waals surface area contributed by atoms with Gasteiger partial charge in [-0.05, 0) is 95.7 Å². The number of benzene rings is 10. The lowest BCUT2D eigenvalue weighted by Crippen LogP contribution is -2.28. The summed E-state index contributed by atoms with van der Waals surface area (Å²) in [5.41, 5.74) is 19.4. The Bertz CT molecular complexity index is 3410. The van der Waals surface area contributed by atoms with Crippen LogP contribution in [0, 0.1) is 0 Å². The molecule has 1 aromatic heterocycles. The molecule has 0 unspecified atom stereocenters. The summed E-state index contributed by atoms with van der Waals surface area (Å²) in [5.74, 6) is 0.711. The van der Waals surface area contributed by atoms with Crippen molar-refractivity contribution in [2.75, 3.05) is 0 Å². The highest BCUT2D eigenvalue weighted by Gasteiger charge is 2.46. The fourth-order valence-electron chi connectivity index (χ4n) is 10.2. The molecular weight excluding hydrogens is 785 g/mol. The second-order valence-electron chi connectivity index (χ2n) is 16.8. The summed E-state index contributed by atoms with van der Waals surface area (Å²) in [6, 6.07) is 92.0. The predicted octanol–water partition coefficient (Wildman–Crippen LogP) is 16.0. The number of aromatic nitrogens is 2. The Morgan fingerprint density at radius 2 is 0.708 bits per heavy atom. The van der Waals surface area contributed by atoms with Crippen molar-refractivity contribution >= 4 is 10.8 Å². The zero-order chi connectivity index (χ0) is 43.2. The van der Waals surface area contributed by atoms with Gasteiger partial charge < -0.3 is 0 Å². The van der Waals surface area contributed by atoms with Crippen molar-refractivity contribution in [3.63, 3.8) is 0 Å². The maximum absolute atomic E-state index is 5.18. The lowest BCUT2D eigenvalue weighted by atomic mass is 9.67. The van der Waals surface area contributed by atoms with E-state index >= 15 is 0 Å². The second-order valence-corrected chi connectivity index (χ2v) is 16.8. The summed E-state index contributed by atoms with van der Waals surface area (Å²) in [7, 11) is 0. The highest BCUT2D eigenvalue weighted by Crippen LogP contribution is 2.56. The van der Waals surface area contributed by atoms with Crippen LogP contribution in [-0.4, -0.2) is 9.97 Å². The van der Waals surface area contributed by atoms with Crippen molar-refractivity contribution in [3.8, 4) is 78.4 Å². The molecule has 0 aliphatic heterocycles. The molecule has 0 bridgehead atoms. The molecule has 65 heavy (non-hydrogen) atoms. The summed E-state index contributed by atoms with van der Waals surface area (Å²) in [6.45, 7) is 0. The number of rotatable bonds is 8. The average molecular weight is 827 g/mol. The van der Waals surface area contributed by atoms with Gasteiger partial charge in [0.25, 0.3) is 0 Å². The highest BCUT2D eigenvalue weighted by atomic mass is 14.9. The molecule has 0 N–H and O–H groups in total. The lowest BCUT2D eigenvalue weighted by molar-refractivity contribution is 0.769. The Kier molecular flexibility index (Phi) is 9.43. The number of hydrogen-bond acceptors (Lipinski definition) is 2. The van der Waals surface area contributed by atoms with Crippen LogP contribution >= 0.6 is 0 Å². The van der Waals surface area contributed by atoms with Crippen LogP contribution in [0.15, 0.2) is 255 Å². The molecule has 1 aliphatic rings. The highest BCUT2D eigenvalue weighted by molar-refractivity contribution is 6.05. The maximum Gasteiger partial charge on any atom is 0.160 e. The molecule has 0 spiro atoms. The minimum Gasteiger partial charge on any atom is -0.228 e. The van der Waals surface area contributed by atoms with Gasteiger partial charge in [-0.25, -0.2) is 9.97 Å². The van der Waals surface area contributed by atoms with Gasteiger partial charge in [0, 0.05) is 16.7 Å². The minimum atomic E-state index is -0.432. The molecule has 0 amide bonds. The van der Waals surface area contributed by atoms with E-state index < -0.39 is 5.41 Å². The van der Waals surface area contributed by atoms with E-state index in [1.165, 1.54) is 72.1 Å². The normalized spacial score (nSPS) is 12.4. The standard InChI is InChI=1S/C63H42N2/c1-5-18-45(19-6-1)60-42-61(65-62(64-60)46-20-7-2-8-21-46)57-39-38-52(53-28-13-14-29-54(53)57)49-23-17-22-47(40-49)43-32-34-44(35-33-43)48-36-37-56-55-30-15-16-31-58(55)63(59(56)41-48,50-24-9-3-10-25-50)51-26-11-4-12-27-51/h1-42H. The maximum atomic E-state index is 5.18. The van der Waals surface area contributed by atoms with E-state index in [-0.39, 0.29) is 0 Å². The van der Waals surface area contributed by atoms with Gasteiger partial charge >= 0.3 is 0 Å². The Balaban J connectivity index is 0.908. The van der Waals surface area contributed by atoms with E-state index in [4.69, 9.17) is 9.97 Å². The molecule has 11 aromatic rings. The first-order valence-electron chi connectivity index (χ1n) is 22.3. The lowest BCUT2D eigenvalue weighted by Gasteiger charge is -2.34. The molecule has 1 aliphatic carbocycles. The van der Waals surface area contributed by atoms with Crippen LogP contribution in [0.25, 0.3) is 89.2 Å². The van der Waals surface area contributed by atoms with E-state index in [9.17, 15) is 0 Å². The number of hydrogen-bond donors (Lipinski definition) is 0. The molecule has 0 atom stereocenters. The van der Waals surface area contributed by atoms with E-state index in [0.717, 1.165) is 33.5 Å². The molecular formula is C63H42N2. The molecule has 0 saturated heterocycles. The van der Waals surface area contributed by atoms with Crippen LogP contribution in [0.5, 0.6) is 0 Å². The molecule has 0 saturated carbocycles. The SMILES string of the molecule is c1ccc(-c2cc(-c3ccc(-c4cccc(-c5ccc(-c6ccc7c(c6)C(c6ccccc6)(c6ccccc6)c6ccccc6-7)cc5)c4)c4ccccc34)nc(-c3ccccc3)n2)cc1. The molecule has 304 valence electrons. The van der Waals surface area contributed by atoms with E-state index in [2.05, 4.69) is 231 Å². The fourth-order valence-corrected chi connectivity index (χ4v) is 10.2. The molecule has 0 radical (unpaired) electrons. The van der Waals surface area contributed by atoms with Gasteiger partial charge in [0.15, 0.2) is 5.82 Å². The van der Waals surface area contributed by atoms with Gasteiger partial charge in [-0.1, -0.05) is 237 Å². The van der Waals surface area contributed by atoms with E-state index in [0.29, 0.717) is 5.82 Å². The molecule has 10 aromatic carbocycles. The Morgan fingerprint density at radius 3 is 1.38 bits per heavy atom. The largest absolute Gasteiger partial charge is 0.228 e. The summed E-state index contributed by atoms with van der Waals surface area (Å²) in [5, 5.41) is 2.33. The molecule has 0 fully saturated rings. The van der Waals surface area contributed by atoms with Crippen LogP contribution in [0.3, 0.4) is 0 Å². The first kappa shape index (κ1) is 38.2. The van der Waals surface area contributed by atoms with Crippen molar-refractivity contribution < 1.29 is 0 Å². The van der Waals surface area contributed by atoms with Gasteiger partial charge in [-0.3, -0.25) is 0 Å². The van der Waals surface area contributed by atoms with E-state index in [1.54, 1.807) is 0 Å². The third-order valence-corrected chi connectivity index (χ3v) is 13.2. The van der Waals surface area contributed by atoms with Crippen molar-refractivity contribution in [1.82, 2.24) is 9.97 Å². The monoisotopic (exact) mass is 826 g/mol. The van der Waals surface area contributed by atoms with Crippen LogP contribution in [0.2, 0.25) is 0 Å². The smallest absolute Gasteiger partial charge is 0.160 e. The van der Waals surface area contributed by atoms with Gasteiger partial charge in [0.1, 0.15) is 0 Å². The van der Waals surface area contributed by atoms with Crippen molar-refractivity contribution in [2.24, 2.45) is 0 Å². The average Bonchev–Trinajstić information content (AvgIpc) is 3.69. The van der Waals surface area contributed by atoms with Crippen LogP contribution in [0.4, 0.5) is 0 Å². The first-order chi connectivity index (χ1) is 32.2. The third kappa shape index (κ3) is 6.58. The van der Waals surface area contributed by atoms with Crippen molar-refractivity contribution in [1.29, 1.82) is 0 Å². The zero-order valence-electron chi connectivity index (χ0n) is 35.6. The fraction of sp³-hybridized carbons (Fsp3) is 0.0159. The van der Waals surface area contributed by atoms with Gasteiger partial charge in [0.2, 0.25) is 0 Å². The molecule has 2 nitrogen and oxygen atoms in total. The second kappa shape index (κ2) is 16.0. The predicted molar refractivity (Wildman–Crippen MR) is 269 cm³/mol. The molecule has 1 heterocycles. The number of nitrogens with zero attached hydrogens (tertiary/aromatic N) is 2. The molecule has 12 rings (SSSR count). The summed E-state index contributed by atoms with van der Waals surface area (Å²) in [6.07, 6.45) is 0. The van der Waals surface area contributed by atoms with Gasteiger partial charge in [0.05, 0.1) is 16.8 Å². The quantitative estimate of drug-likeness (QED) is 0.152. The Hall–Kier alpha value is -8.46. The van der Waals surface area contributed by atoms with Crippen LogP contribution < -0.4 is 0 Å². The molecule has 2 heteroatoms. The van der Waals surface area contributed by atoms with E-state index in [1.807, 2.05) is 24.3 Å². The topological polar surface area (TPSA) is 25.8 Å². The van der Waals surface area contributed by atoms with Crippen LogP contribution in [-0.2, 0) is 5.41 Å². The van der Waals surface area contributed by atoms with Gasteiger partial charge in [-0.2, -0.15) is 0 Å². The Morgan fingerprint density at radius 1 is 0.246 bits per heavy atom. The van der Waals surface area contributed by atoms with Crippen molar-refractivity contribution in [3.05, 3.63) is 277 Å². The number of fused-ring (bicyclic) bond motifs is 4. The summed E-state index contributed by atoms with van der Waals surface area (Å²) < 4.78 is 0. The zero-order valence-corrected chi connectivity index (χ0v) is 35.6. The summed E-state index contributed by atoms with van der Waals surface area (Å²) >= 11 is 0. The minimum absolute atomic E-state index is 0.432. The van der Waals surface area contributed by atoms with Gasteiger partial charge in [-0.15, -0.1) is 0 Å².